The van der Waals surface area contributed by atoms with Crippen LogP contribution in [0.2, 0.25) is 0 Å². The van der Waals surface area contributed by atoms with Crippen LogP contribution in [0, 0.1) is 0 Å². The molecule has 3 unspecified atom stereocenters. The van der Waals surface area contributed by atoms with E-state index >= 15 is 0 Å². The number of rotatable bonds is 8. The molecule has 0 radical (unpaired) electrons. The van der Waals surface area contributed by atoms with Crippen molar-refractivity contribution in [2.75, 3.05) is 6.54 Å². The number of thiophene rings is 1. The SMILES string of the molecule is CCc1cccc(CNCC(O)C2C/C3=C/C(F)=C\C(F)=C\CC(c4cc(-c5ccccc5)cs4)(N2)C3=NO)c1. The van der Waals surface area contributed by atoms with Crippen molar-refractivity contribution in [3.63, 3.8) is 0 Å². The molecule has 3 atom stereocenters. The number of hydrogen-bond donors (Lipinski definition) is 4. The van der Waals surface area contributed by atoms with Crippen molar-refractivity contribution in [1.82, 2.24) is 10.6 Å². The van der Waals surface area contributed by atoms with Crippen molar-refractivity contribution >= 4 is 17.0 Å². The molecule has 1 aliphatic heterocycles. The second kappa shape index (κ2) is 12.4. The minimum absolute atomic E-state index is 0.0640. The number of benzene rings is 2. The molecule has 1 fully saturated rings. The first-order chi connectivity index (χ1) is 19.4. The molecule has 0 saturated carbocycles. The third-order valence-corrected chi connectivity index (χ3v) is 8.64. The van der Waals surface area contributed by atoms with E-state index in [-0.39, 0.29) is 25.1 Å². The van der Waals surface area contributed by atoms with E-state index in [9.17, 15) is 19.1 Å². The molecule has 3 aromatic rings. The average molecular weight is 562 g/mol. The van der Waals surface area contributed by atoms with Crippen molar-refractivity contribution in [3.8, 4) is 11.1 Å². The van der Waals surface area contributed by atoms with Gasteiger partial charge in [0.1, 0.15) is 22.9 Å². The predicted molar refractivity (Wildman–Crippen MR) is 157 cm³/mol. The largest absolute Gasteiger partial charge is 0.411 e. The molecular weight excluding hydrogens is 528 g/mol. The van der Waals surface area contributed by atoms with Gasteiger partial charge in [0.05, 0.1) is 6.10 Å². The van der Waals surface area contributed by atoms with Gasteiger partial charge in [0.15, 0.2) is 0 Å². The van der Waals surface area contributed by atoms with Gasteiger partial charge in [-0.25, -0.2) is 8.78 Å². The van der Waals surface area contributed by atoms with Crippen molar-refractivity contribution in [1.29, 1.82) is 0 Å². The standard InChI is InChI=1S/C32H33F2N3O2S/c1-2-21-7-6-8-22(13-21)18-35-19-29(38)28-15-24-14-27(34)17-26(33)11-12-32(36-28,31(24)37-39)30-16-25(20-40-30)23-9-4-3-5-10-23/h3-11,13-14,16-17,20,28-29,35-36,38-39H,2,12,15,18-19H2,1H3/b24-14-,26-11-,27-17+,37-31?. The first-order valence-corrected chi connectivity index (χ1v) is 14.3. The van der Waals surface area contributed by atoms with Crippen LogP contribution in [0.4, 0.5) is 8.78 Å². The molecule has 2 bridgehead atoms. The molecule has 1 aliphatic carbocycles. The van der Waals surface area contributed by atoms with Crippen molar-refractivity contribution in [2.24, 2.45) is 5.16 Å². The van der Waals surface area contributed by atoms with Crippen LogP contribution < -0.4 is 10.6 Å². The first kappa shape index (κ1) is 28.1. The fourth-order valence-corrected chi connectivity index (χ4v) is 6.55. The third kappa shape index (κ3) is 6.00. The summed E-state index contributed by atoms with van der Waals surface area (Å²) in [5.74, 6) is -1.49. The summed E-state index contributed by atoms with van der Waals surface area (Å²) >= 11 is 1.45. The lowest BCUT2D eigenvalue weighted by Gasteiger charge is -2.44. The van der Waals surface area contributed by atoms with Gasteiger partial charge in [0, 0.05) is 30.1 Å². The van der Waals surface area contributed by atoms with Crippen molar-refractivity contribution in [3.05, 3.63) is 118 Å². The van der Waals surface area contributed by atoms with Gasteiger partial charge in [-0.2, -0.15) is 0 Å². The highest BCUT2D eigenvalue weighted by atomic mass is 32.1. The van der Waals surface area contributed by atoms with Crippen molar-refractivity contribution in [2.45, 2.75) is 50.4 Å². The number of halogens is 2. The first-order valence-electron chi connectivity index (χ1n) is 13.5. The number of nitrogens with one attached hydrogen (secondary N) is 2. The third-order valence-electron chi connectivity index (χ3n) is 7.55. The molecule has 0 amide bonds. The number of piperidine rings is 1. The van der Waals surface area contributed by atoms with E-state index in [0.29, 0.717) is 12.1 Å². The lowest BCUT2D eigenvalue weighted by Crippen LogP contribution is -2.61. The van der Waals surface area contributed by atoms with Crippen LogP contribution in [0.3, 0.4) is 0 Å². The minimum atomic E-state index is -1.17. The number of nitrogens with zero attached hydrogens (tertiary/aromatic N) is 1. The zero-order valence-electron chi connectivity index (χ0n) is 22.3. The molecule has 40 heavy (non-hydrogen) atoms. The van der Waals surface area contributed by atoms with E-state index in [1.165, 1.54) is 29.1 Å². The van der Waals surface area contributed by atoms with E-state index in [4.69, 9.17) is 0 Å². The summed E-state index contributed by atoms with van der Waals surface area (Å²) in [4.78, 5) is 0.776. The Hall–Kier alpha value is -3.43. The molecule has 1 aromatic heterocycles. The second-order valence-corrected chi connectivity index (χ2v) is 11.1. The van der Waals surface area contributed by atoms with Gasteiger partial charge in [0.2, 0.25) is 0 Å². The van der Waals surface area contributed by atoms with Gasteiger partial charge < -0.3 is 15.6 Å². The Kier molecular flexibility index (Phi) is 8.71. The summed E-state index contributed by atoms with van der Waals surface area (Å²) in [5, 5.41) is 34.0. The van der Waals surface area contributed by atoms with Gasteiger partial charge in [-0.3, -0.25) is 5.32 Å². The molecular formula is C32H33F2N3O2S. The summed E-state index contributed by atoms with van der Waals surface area (Å²) in [7, 11) is 0. The van der Waals surface area contributed by atoms with Gasteiger partial charge in [0.25, 0.3) is 0 Å². The summed E-state index contributed by atoms with van der Waals surface area (Å²) in [6, 6.07) is 19.6. The van der Waals surface area contributed by atoms with Crippen LogP contribution in [0.15, 0.2) is 107 Å². The smallest absolute Gasteiger partial charge is 0.126 e. The molecule has 2 aromatic carbocycles. The summed E-state index contributed by atoms with van der Waals surface area (Å²) in [5.41, 5.74) is 3.80. The predicted octanol–water partition coefficient (Wildman–Crippen LogP) is 6.55. The van der Waals surface area contributed by atoms with Gasteiger partial charge in [-0.1, -0.05) is 66.7 Å². The van der Waals surface area contributed by atoms with Crippen LogP contribution in [0.5, 0.6) is 0 Å². The molecule has 2 heterocycles. The van der Waals surface area contributed by atoms with Crippen LogP contribution >= 0.6 is 11.3 Å². The highest BCUT2D eigenvalue weighted by Crippen LogP contribution is 2.43. The lowest BCUT2D eigenvalue weighted by atomic mass is 9.76. The Bertz CT molecular complexity index is 1460. The number of fused-ring (bicyclic) bond motifs is 2. The Morgan fingerprint density at radius 2 is 1.85 bits per heavy atom. The summed E-state index contributed by atoms with van der Waals surface area (Å²) < 4.78 is 29.4. The normalized spacial score (nSPS) is 26.9. The summed E-state index contributed by atoms with van der Waals surface area (Å²) in [6.07, 6.45) is 3.69. The highest BCUT2D eigenvalue weighted by molar-refractivity contribution is 7.10. The van der Waals surface area contributed by atoms with E-state index in [2.05, 4.69) is 34.8 Å². The van der Waals surface area contributed by atoms with E-state index in [1.54, 1.807) is 0 Å². The van der Waals surface area contributed by atoms with Crippen LogP contribution in [-0.4, -0.2) is 34.7 Å². The second-order valence-electron chi connectivity index (χ2n) is 10.2. The van der Waals surface area contributed by atoms with Crippen LogP contribution in [0.25, 0.3) is 11.1 Å². The highest BCUT2D eigenvalue weighted by Gasteiger charge is 2.47. The molecule has 5 rings (SSSR count). The fraction of sp³-hybridized carbons (Fsp3) is 0.281. The zero-order chi connectivity index (χ0) is 28.1. The molecule has 8 heteroatoms. The van der Waals surface area contributed by atoms with E-state index in [0.717, 1.165) is 34.1 Å². The van der Waals surface area contributed by atoms with Gasteiger partial charge in [-0.15, -0.1) is 11.3 Å². The quantitative estimate of drug-likeness (QED) is 0.186. The minimum Gasteiger partial charge on any atom is -0.411 e. The van der Waals surface area contributed by atoms with Crippen LogP contribution in [-0.2, 0) is 18.5 Å². The lowest BCUT2D eigenvalue weighted by molar-refractivity contribution is 0.108. The molecule has 208 valence electrons. The Labute approximate surface area is 237 Å². The van der Waals surface area contributed by atoms with E-state index in [1.807, 2.05) is 53.9 Å². The van der Waals surface area contributed by atoms with Crippen LogP contribution in [0.1, 0.15) is 35.8 Å². The number of hydrogen-bond acceptors (Lipinski definition) is 6. The number of aliphatic hydroxyl groups excluding tert-OH is 1. The summed E-state index contributed by atoms with van der Waals surface area (Å²) in [6.45, 7) is 2.98. The van der Waals surface area contributed by atoms with E-state index < -0.39 is 29.3 Å². The molecule has 1 saturated heterocycles. The molecule has 2 aliphatic rings. The monoisotopic (exact) mass is 561 g/mol. The number of allylic oxidation sites excluding steroid dienone is 4. The van der Waals surface area contributed by atoms with Gasteiger partial charge in [-0.05, 0) is 70.7 Å². The fourth-order valence-electron chi connectivity index (χ4n) is 5.45. The van der Waals surface area contributed by atoms with Gasteiger partial charge >= 0.3 is 0 Å². The maximum atomic E-state index is 14.8. The van der Waals surface area contributed by atoms with Crippen molar-refractivity contribution < 1.29 is 19.1 Å². The Balaban J connectivity index is 1.46. The molecule has 4 N–H and O–H groups in total. The number of aliphatic hydroxyl groups is 1. The number of aryl methyl sites for hydroxylation is 1. The maximum Gasteiger partial charge on any atom is 0.126 e. The average Bonchev–Trinajstić information content (AvgIpc) is 3.47. The maximum absolute atomic E-state index is 14.8. The Morgan fingerprint density at radius 3 is 2.62 bits per heavy atom. The molecule has 5 nitrogen and oxygen atoms in total. The zero-order valence-corrected chi connectivity index (χ0v) is 23.1. The molecule has 0 spiro atoms. The number of oxime groups is 1. The Morgan fingerprint density at radius 1 is 1.05 bits per heavy atom. The topological polar surface area (TPSA) is 76.9 Å².